The number of halogens is 6. The lowest BCUT2D eigenvalue weighted by atomic mass is 9.97. The van der Waals surface area contributed by atoms with Crippen LogP contribution in [0.25, 0.3) is 22.0 Å². The number of aliphatic imine (C=N–C) groups is 2. The minimum atomic E-state index is -0.509. The second-order valence-electron chi connectivity index (χ2n) is 25.7. The SMILES string of the molecule is C=CC(=O)Cl.C=CC(=O)N1CC[C@H](Oc2cc(-c3ccc(O)c(Cl)c3)cc3c2C(C)=NC3)C1.CC(C)(C)OC(=O)N1CC[C@H](O)C1.CC1=NCc2cc(Br)cc(O[C@H]3CCN(C(=O)OC(C)(C)C)C3)c21.Cc1nn(C2CCCCO2)c2cc(Br)cc(F)c12.O[B]Oc1ccc(O)c(Cl)c1. The smallest absolute Gasteiger partial charge is 0.537 e. The molecular weight excluding hydrogens is 1470 g/mol. The molecule has 12 rings (SSSR count). The molecule has 7 heterocycles. The number of aryl methyl sites for hydroxylation is 1. The number of β-amino-alcohol motifs (C(OH)–C–C–N with tert-alkyl or cyclic N) is 1. The van der Waals surface area contributed by atoms with E-state index in [4.69, 9.17) is 68.6 Å². The van der Waals surface area contributed by atoms with Crippen LogP contribution < -0.4 is 14.1 Å². The van der Waals surface area contributed by atoms with Crippen LogP contribution in [-0.4, -0.2) is 163 Å². The van der Waals surface area contributed by atoms with Crippen molar-refractivity contribution in [2.24, 2.45) is 9.98 Å². The van der Waals surface area contributed by atoms with Gasteiger partial charge in [0.2, 0.25) is 11.1 Å². The molecule has 99 heavy (non-hydrogen) atoms. The van der Waals surface area contributed by atoms with Crippen molar-refractivity contribution in [3.63, 3.8) is 0 Å². The highest BCUT2D eigenvalue weighted by Gasteiger charge is 2.34. The number of likely N-dealkylation sites (tertiary alicyclic amines) is 3. The van der Waals surface area contributed by atoms with Gasteiger partial charge in [-0.05, 0) is 195 Å². The summed E-state index contributed by atoms with van der Waals surface area (Å²) in [6.07, 6.45) is 6.62. The minimum absolute atomic E-state index is 0.0167. The molecular formula is C71H83BBr2Cl3FN7O14. The lowest BCUT2D eigenvalue weighted by molar-refractivity contribution is -0.125. The molecule has 0 aliphatic carbocycles. The Labute approximate surface area is 609 Å². The number of phenolic OH excluding ortho intramolecular Hbond substituents is 2. The van der Waals surface area contributed by atoms with Crippen molar-refractivity contribution in [2.75, 3.05) is 45.9 Å². The zero-order valence-electron chi connectivity index (χ0n) is 56.8. The normalized spacial score (nSPS) is 18.1. The maximum absolute atomic E-state index is 14.0. The van der Waals surface area contributed by atoms with Gasteiger partial charge in [-0.2, -0.15) is 5.10 Å². The Hall–Kier alpha value is -7.23. The number of carbonyl (C=O) groups excluding carboxylic acids is 4. The number of rotatable bonds is 10. The summed E-state index contributed by atoms with van der Waals surface area (Å²) in [7, 11) is 0.544. The Morgan fingerprint density at radius 3 is 1.75 bits per heavy atom. The maximum atomic E-state index is 14.0. The number of amides is 3. The largest absolute Gasteiger partial charge is 0.569 e. The van der Waals surface area contributed by atoms with Crippen LogP contribution >= 0.6 is 66.7 Å². The summed E-state index contributed by atoms with van der Waals surface area (Å²) in [6.45, 7) is 29.1. The molecule has 1 radical (unpaired) electrons. The number of hydrogen-bond donors (Lipinski definition) is 4. The van der Waals surface area contributed by atoms with Gasteiger partial charge < -0.3 is 63.4 Å². The zero-order chi connectivity index (χ0) is 72.6. The van der Waals surface area contributed by atoms with Crippen LogP contribution in [0.15, 0.2) is 117 Å². The van der Waals surface area contributed by atoms with Crippen LogP contribution in [0.3, 0.4) is 0 Å². The predicted octanol–water partition coefficient (Wildman–Crippen LogP) is 15.2. The fourth-order valence-corrected chi connectivity index (χ4v) is 12.4. The monoisotopic (exact) mass is 1550 g/mol. The lowest BCUT2D eigenvalue weighted by Gasteiger charge is -2.24. The number of allylic oxidation sites excluding steroid dienone is 1. The number of ether oxygens (including phenoxy) is 5. The quantitative estimate of drug-likeness (QED) is 0.0565. The van der Waals surface area contributed by atoms with Crippen molar-refractivity contribution in [2.45, 2.75) is 150 Å². The Morgan fingerprint density at radius 2 is 1.22 bits per heavy atom. The molecule has 3 amide bonds. The third kappa shape index (κ3) is 22.9. The number of benzene rings is 5. The maximum Gasteiger partial charge on any atom is 0.569 e. The predicted molar refractivity (Wildman–Crippen MR) is 389 cm³/mol. The number of hydrogen-bond acceptors (Lipinski definition) is 17. The lowest BCUT2D eigenvalue weighted by Crippen LogP contribution is -2.36. The highest BCUT2D eigenvalue weighted by Crippen LogP contribution is 2.39. The molecule has 4 fully saturated rings. The van der Waals surface area contributed by atoms with Crippen molar-refractivity contribution in [3.8, 4) is 39.9 Å². The van der Waals surface area contributed by atoms with E-state index in [0.29, 0.717) is 88.3 Å². The van der Waals surface area contributed by atoms with E-state index in [1.54, 1.807) is 21.9 Å². The van der Waals surface area contributed by atoms with E-state index in [1.165, 1.54) is 40.8 Å². The van der Waals surface area contributed by atoms with Crippen LogP contribution in [-0.2, 0) is 36.9 Å². The van der Waals surface area contributed by atoms with Gasteiger partial charge in [0.15, 0.2) is 6.23 Å². The second-order valence-corrected chi connectivity index (χ2v) is 28.8. The van der Waals surface area contributed by atoms with Gasteiger partial charge in [-0.1, -0.05) is 74.3 Å². The second kappa shape index (κ2) is 35.9. The number of aliphatic hydroxyl groups is 1. The Bertz CT molecular complexity index is 3970. The van der Waals surface area contributed by atoms with E-state index in [1.807, 2.05) is 91.3 Å². The van der Waals surface area contributed by atoms with E-state index in [9.17, 15) is 33.8 Å². The first-order chi connectivity index (χ1) is 46.7. The van der Waals surface area contributed by atoms with Crippen LogP contribution in [0.2, 0.25) is 10.0 Å². The fraction of sp³-hybridized carbons (Fsp3) is 0.423. The first kappa shape index (κ1) is 79.1. The fourth-order valence-electron chi connectivity index (χ4n) is 11.2. The van der Waals surface area contributed by atoms with Crippen molar-refractivity contribution < 1.29 is 72.3 Å². The van der Waals surface area contributed by atoms with E-state index in [2.05, 4.69) is 76.9 Å². The molecule has 6 aliphatic heterocycles. The molecule has 6 aromatic rings. The van der Waals surface area contributed by atoms with Crippen LogP contribution in [0.4, 0.5) is 14.0 Å². The Morgan fingerprint density at radius 1 is 0.687 bits per heavy atom. The summed E-state index contributed by atoms with van der Waals surface area (Å²) in [5.41, 5.74) is 8.80. The van der Waals surface area contributed by atoms with E-state index in [-0.39, 0.29) is 65.0 Å². The van der Waals surface area contributed by atoms with Gasteiger partial charge in [0.05, 0.1) is 58.9 Å². The highest BCUT2D eigenvalue weighted by atomic mass is 79.9. The molecule has 1 aromatic heterocycles. The number of aliphatic hydroxyl groups excluding tert-OH is 1. The van der Waals surface area contributed by atoms with Crippen LogP contribution in [0.5, 0.6) is 28.7 Å². The third-order valence-electron chi connectivity index (χ3n) is 15.7. The van der Waals surface area contributed by atoms with Gasteiger partial charge in [-0.15, -0.1) is 0 Å². The summed E-state index contributed by atoms with van der Waals surface area (Å²) < 4.78 is 50.9. The van der Waals surface area contributed by atoms with Gasteiger partial charge in [0.1, 0.15) is 58.0 Å². The molecule has 5 aromatic carbocycles. The van der Waals surface area contributed by atoms with Crippen LogP contribution in [0, 0.1) is 12.7 Å². The Balaban J connectivity index is 0.000000177. The molecule has 21 nitrogen and oxygen atoms in total. The molecule has 0 bridgehead atoms. The van der Waals surface area contributed by atoms with E-state index in [0.717, 1.165) is 110 Å². The van der Waals surface area contributed by atoms with Gasteiger partial charge in [0, 0.05) is 83.2 Å². The van der Waals surface area contributed by atoms with Crippen LogP contribution in [0.1, 0.15) is 128 Å². The molecule has 28 heteroatoms. The topological polar surface area (TPSA) is 257 Å². The molecule has 4 saturated heterocycles. The third-order valence-corrected chi connectivity index (χ3v) is 17.4. The molecule has 1 unspecified atom stereocenters. The molecule has 0 saturated carbocycles. The first-order valence-corrected chi connectivity index (χ1v) is 34.7. The first-order valence-electron chi connectivity index (χ1n) is 32.0. The highest BCUT2D eigenvalue weighted by molar-refractivity contribution is 9.10. The zero-order valence-corrected chi connectivity index (χ0v) is 62.2. The Kier molecular flexibility index (Phi) is 28.7. The van der Waals surface area contributed by atoms with Crippen molar-refractivity contribution in [1.29, 1.82) is 0 Å². The van der Waals surface area contributed by atoms with E-state index >= 15 is 0 Å². The molecule has 4 atom stereocenters. The molecule has 531 valence electrons. The summed E-state index contributed by atoms with van der Waals surface area (Å²) in [5.74, 6) is 1.72. The minimum Gasteiger partial charge on any atom is -0.537 e. The molecule has 4 N–H and O–H groups in total. The van der Waals surface area contributed by atoms with Crippen molar-refractivity contribution in [1.82, 2.24) is 24.5 Å². The summed E-state index contributed by atoms with van der Waals surface area (Å²) in [6, 6.07) is 20.9. The summed E-state index contributed by atoms with van der Waals surface area (Å²) in [5, 5.41) is 41.1. The van der Waals surface area contributed by atoms with Gasteiger partial charge in [-0.25, -0.2) is 18.7 Å². The van der Waals surface area contributed by atoms with Gasteiger partial charge in [0.25, 0.3) is 0 Å². The van der Waals surface area contributed by atoms with E-state index < -0.39 is 16.4 Å². The number of aromatic nitrogens is 2. The van der Waals surface area contributed by atoms with Crippen molar-refractivity contribution in [3.05, 3.63) is 151 Å². The van der Waals surface area contributed by atoms with Gasteiger partial charge in [-0.3, -0.25) is 19.6 Å². The molecule has 6 aliphatic rings. The number of carbonyl (C=O) groups is 4. The standard InChI is InChI=1S/C22H21ClN2O3.C18H23BrN2O3.C13H14BrFN2O.C9H17NO3.C6H5BClO3.C3H3ClO/c1-3-21(27)25-7-6-17(12-25)28-20-10-15(8-16-11-24-13(2)22(16)20)14-4-5-19(26)18(23)9-14;1-11-16-12(9-20-11)7-13(19)8-15(16)23-14-5-6-21(10-14)17(22)24-18(2,3)4;1-8-13-10(15)6-9(14)7-11(13)17(16-8)12-4-2-3-5-18-12;1-9(2,3)13-8(12)10-5-4-7(11)6-10;8-5-3-4(11-7-10)1-2-6(5)9;1-2-3(4)5/h3-5,8-10,17,26H,1,6-7,11-12H2,2H3;7-8,14H,5-6,9-10H2,1-4H3;6-7,12H,2-5H2,1H3;7,11H,4-6H2,1-3H3;1-3,9-10H;2H,1H2/t17-;14-;;7-;;/m00.0../s1. The average molecular weight is 1550 g/mol. The molecule has 0 spiro atoms. The number of nitrogens with zero attached hydrogens (tertiary/aromatic N) is 7. The van der Waals surface area contributed by atoms with Gasteiger partial charge >= 0.3 is 19.9 Å². The summed E-state index contributed by atoms with van der Waals surface area (Å²) in [4.78, 5) is 58.9. The average Bonchev–Trinajstić information content (AvgIpc) is 1.70. The van der Waals surface area contributed by atoms with Crippen molar-refractivity contribution >= 4 is 120 Å². The number of fused-ring (bicyclic) bond motifs is 3. The summed E-state index contributed by atoms with van der Waals surface area (Å²) >= 11 is 23.2. The number of aromatic hydroxyl groups is 2. The number of phenols is 2.